The Morgan fingerprint density at radius 2 is 2.17 bits per heavy atom. The largest absolute Gasteiger partial charge is 0.488 e. The first-order valence-corrected chi connectivity index (χ1v) is 10.8. The fraction of sp³-hybridized carbons (Fsp3) is 0.217. The van der Waals surface area contributed by atoms with Crippen molar-refractivity contribution in [2.24, 2.45) is 0 Å². The fourth-order valence-corrected chi connectivity index (χ4v) is 5.15. The van der Waals surface area contributed by atoms with E-state index in [2.05, 4.69) is 6.07 Å². The van der Waals surface area contributed by atoms with Gasteiger partial charge in [0.2, 0.25) is 5.91 Å². The van der Waals surface area contributed by atoms with Crippen LogP contribution in [0, 0.1) is 0 Å². The summed E-state index contributed by atoms with van der Waals surface area (Å²) < 4.78 is 6.93. The first-order chi connectivity index (χ1) is 14.2. The highest BCUT2D eigenvalue weighted by atomic mass is 35.5. The number of carbonyl (C=O) groups excluding carboxylic acids is 1. The lowest BCUT2D eigenvalue weighted by Gasteiger charge is -2.21. The van der Waals surface area contributed by atoms with Gasteiger partial charge in [-0.05, 0) is 54.8 Å². The molecule has 1 aromatic heterocycles. The van der Waals surface area contributed by atoms with Crippen LogP contribution < -0.4 is 4.74 Å². The van der Waals surface area contributed by atoms with E-state index in [0.29, 0.717) is 11.6 Å². The van der Waals surface area contributed by atoms with Crippen LogP contribution >= 0.6 is 22.9 Å². The Morgan fingerprint density at radius 3 is 3.07 bits per heavy atom. The highest BCUT2D eigenvalue weighted by Crippen LogP contribution is 2.36. The van der Waals surface area contributed by atoms with Crippen molar-refractivity contribution in [2.45, 2.75) is 18.9 Å². The second-order valence-corrected chi connectivity index (χ2v) is 8.73. The van der Waals surface area contributed by atoms with E-state index >= 15 is 0 Å². The average molecular weight is 423 g/mol. The van der Waals surface area contributed by atoms with Gasteiger partial charge < -0.3 is 9.64 Å². The number of thiazole rings is 1. The van der Waals surface area contributed by atoms with Gasteiger partial charge >= 0.3 is 0 Å². The predicted octanol–water partition coefficient (Wildman–Crippen LogP) is 5.65. The van der Waals surface area contributed by atoms with Gasteiger partial charge in [0.1, 0.15) is 17.4 Å². The van der Waals surface area contributed by atoms with Gasteiger partial charge in [-0.1, -0.05) is 29.8 Å². The summed E-state index contributed by atoms with van der Waals surface area (Å²) in [6.07, 6.45) is 7.47. The van der Waals surface area contributed by atoms with Gasteiger partial charge in [0, 0.05) is 23.2 Å². The number of aromatic nitrogens is 1. The van der Waals surface area contributed by atoms with Crippen LogP contribution in [0.4, 0.5) is 0 Å². The quantitative estimate of drug-likeness (QED) is 0.512. The molecule has 2 aliphatic rings. The maximum Gasteiger partial charge on any atom is 0.247 e. The Hall–Kier alpha value is -2.63. The van der Waals surface area contributed by atoms with E-state index in [4.69, 9.17) is 21.3 Å². The van der Waals surface area contributed by atoms with E-state index in [1.54, 1.807) is 17.4 Å². The summed E-state index contributed by atoms with van der Waals surface area (Å²) in [5, 5.41) is 1.69. The number of nitrogens with zero attached hydrogens (tertiary/aromatic N) is 2. The molecule has 1 fully saturated rings. The first kappa shape index (κ1) is 18.4. The molecule has 2 aliphatic heterocycles. The number of halogens is 1. The molecule has 0 radical (unpaired) electrons. The highest BCUT2D eigenvalue weighted by molar-refractivity contribution is 7.18. The van der Waals surface area contributed by atoms with Gasteiger partial charge in [0.25, 0.3) is 0 Å². The molecule has 2 aromatic carbocycles. The van der Waals surface area contributed by atoms with Crippen LogP contribution in [0.25, 0.3) is 16.3 Å². The van der Waals surface area contributed by atoms with Crippen molar-refractivity contribution in [1.82, 2.24) is 9.88 Å². The summed E-state index contributed by atoms with van der Waals surface area (Å²) >= 11 is 7.76. The minimum absolute atomic E-state index is 0.0181. The molecule has 1 amide bonds. The molecule has 0 aliphatic carbocycles. The van der Waals surface area contributed by atoms with Gasteiger partial charge in [0.05, 0.1) is 16.3 Å². The SMILES string of the molecule is O=C(/C=C\C1=Cc2cc(Cl)ccc2OC1)N1CCC[C@H]1c1nc2ccccc2s1. The third-order valence-corrected chi connectivity index (χ3v) is 6.65. The molecule has 146 valence electrons. The molecular weight excluding hydrogens is 404 g/mol. The summed E-state index contributed by atoms with van der Waals surface area (Å²) in [4.78, 5) is 19.6. The molecule has 0 spiro atoms. The van der Waals surface area contributed by atoms with Crippen molar-refractivity contribution in [3.63, 3.8) is 0 Å². The monoisotopic (exact) mass is 422 g/mol. The van der Waals surface area contributed by atoms with Gasteiger partial charge in [-0.25, -0.2) is 4.98 Å². The fourth-order valence-electron chi connectivity index (χ4n) is 3.86. The second kappa shape index (κ2) is 7.65. The molecule has 4 nitrogen and oxygen atoms in total. The molecule has 0 saturated carbocycles. The normalized spacial score (nSPS) is 18.7. The number of hydrogen-bond donors (Lipinski definition) is 0. The minimum atomic E-state index is 0.0181. The standard InChI is InChI=1S/C23H19ClN2O2S/c24-17-8-9-20-16(13-17)12-15(14-28-20)7-10-22(27)26-11-3-5-19(26)23-25-18-4-1-2-6-21(18)29-23/h1-2,4,6-10,12-13,19H,3,5,11,14H2/b10-7-/t19-/m0/s1. The second-order valence-electron chi connectivity index (χ2n) is 7.23. The van der Waals surface area contributed by atoms with Crippen molar-refractivity contribution in [3.05, 3.63) is 75.8 Å². The molecule has 6 heteroatoms. The predicted molar refractivity (Wildman–Crippen MR) is 117 cm³/mol. The first-order valence-electron chi connectivity index (χ1n) is 9.64. The number of para-hydroxylation sites is 1. The van der Waals surface area contributed by atoms with Crippen LogP contribution in [0.5, 0.6) is 5.75 Å². The van der Waals surface area contributed by atoms with Crippen LogP contribution in [0.15, 0.2) is 60.2 Å². The highest BCUT2D eigenvalue weighted by Gasteiger charge is 2.31. The number of likely N-dealkylation sites (tertiary alicyclic amines) is 1. The third-order valence-electron chi connectivity index (χ3n) is 5.28. The van der Waals surface area contributed by atoms with Gasteiger partial charge in [-0.3, -0.25) is 4.79 Å². The third kappa shape index (κ3) is 3.68. The zero-order valence-corrected chi connectivity index (χ0v) is 17.2. The average Bonchev–Trinajstić information content (AvgIpc) is 3.38. The zero-order valence-electron chi connectivity index (χ0n) is 15.7. The molecule has 3 aromatic rings. The molecule has 3 heterocycles. The van der Waals surface area contributed by atoms with E-state index in [0.717, 1.165) is 46.8 Å². The number of rotatable bonds is 3. The summed E-state index contributed by atoms with van der Waals surface area (Å²) in [6, 6.07) is 13.7. The van der Waals surface area contributed by atoms with Gasteiger partial charge in [-0.2, -0.15) is 0 Å². The lowest BCUT2D eigenvalue weighted by Crippen LogP contribution is -2.28. The Bertz CT molecular complexity index is 1120. The summed E-state index contributed by atoms with van der Waals surface area (Å²) in [5.74, 6) is 0.831. The van der Waals surface area contributed by atoms with Crippen molar-refractivity contribution in [1.29, 1.82) is 0 Å². The molecule has 5 rings (SSSR count). The molecular formula is C23H19ClN2O2S. The van der Waals surface area contributed by atoms with E-state index in [1.165, 1.54) is 4.70 Å². The van der Waals surface area contributed by atoms with E-state index in [1.807, 2.05) is 53.5 Å². The molecule has 0 N–H and O–H groups in total. The van der Waals surface area contributed by atoms with Gasteiger partial charge in [-0.15, -0.1) is 11.3 Å². The van der Waals surface area contributed by atoms with Crippen LogP contribution in [0.3, 0.4) is 0 Å². The summed E-state index contributed by atoms with van der Waals surface area (Å²) in [6.45, 7) is 1.21. The topological polar surface area (TPSA) is 42.4 Å². The molecule has 0 bridgehead atoms. The van der Waals surface area contributed by atoms with E-state index in [-0.39, 0.29) is 11.9 Å². The molecule has 0 unspecified atom stereocenters. The number of carbonyl (C=O) groups is 1. The van der Waals surface area contributed by atoms with E-state index in [9.17, 15) is 4.79 Å². The maximum absolute atomic E-state index is 12.9. The van der Waals surface area contributed by atoms with Crippen molar-refractivity contribution in [2.75, 3.05) is 13.2 Å². The summed E-state index contributed by atoms with van der Waals surface area (Å²) in [5.41, 5.74) is 2.89. The van der Waals surface area contributed by atoms with E-state index < -0.39 is 0 Å². The lowest BCUT2D eigenvalue weighted by molar-refractivity contribution is -0.126. The lowest BCUT2D eigenvalue weighted by atomic mass is 10.1. The number of fused-ring (bicyclic) bond motifs is 2. The zero-order chi connectivity index (χ0) is 19.8. The Kier molecular flexibility index (Phi) is 4.86. The Labute approximate surface area is 178 Å². The van der Waals surface area contributed by atoms with Crippen LogP contribution in [0.2, 0.25) is 5.02 Å². The smallest absolute Gasteiger partial charge is 0.247 e. The van der Waals surface area contributed by atoms with Crippen molar-refractivity contribution in [3.8, 4) is 5.75 Å². The molecule has 1 saturated heterocycles. The van der Waals surface area contributed by atoms with Crippen molar-refractivity contribution < 1.29 is 9.53 Å². The Balaban J connectivity index is 1.34. The summed E-state index contributed by atoms with van der Waals surface area (Å²) in [7, 11) is 0. The minimum Gasteiger partial charge on any atom is -0.488 e. The number of benzene rings is 2. The number of amides is 1. The molecule has 29 heavy (non-hydrogen) atoms. The van der Waals surface area contributed by atoms with Crippen LogP contribution in [-0.4, -0.2) is 28.9 Å². The molecule has 1 atom stereocenters. The Morgan fingerprint density at radius 1 is 1.28 bits per heavy atom. The van der Waals surface area contributed by atoms with Crippen LogP contribution in [-0.2, 0) is 4.79 Å². The number of hydrogen-bond acceptors (Lipinski definition) is 4. The number of ether oxygens (including phenoxy) is 1. The van der Waals surface area contributed by atoms with Crippen molar-refractivity contribution >= 4 is 45.1 Å². The maximum atomic E-state index is 12.9. The van der Waals surface area contributed by atoms with Crippen LogP contribution in [0.1, 0.15) is 29.5 Å². The van der Waals surface area contributed by atoms with Gasteiger partial charge in [0.15, 0.2) is 0 Å².